The maximum atomic E-state index is 13.1. The van der Waals surface area contributed by atoms with Crippen molar-refractivity contribution in [3.8, 4) is 0 Å². The first-order valence-corrected chi connectivity index (χ1v) is 6.72. The number of carbonyl (C=O) groups excluding carboxylic acids is 1. The molecule has 1 N–H and O–H groups in total. The third-order valence-corrected chi connectivity index (χ3v) is 3.36. The number of imidazole rings is 1. The predicted molar refractivity (Wildman–Crippen MR) is 70.8 cm³/mol. The second-order valence-electron chi connectivity index (χ2n) is 4.96. The minimum absolute atomic E-state index is 0.0932. The molecule has 3 heterocycles. The van der Waals surface area contributed by atoms with Gasteiger partial charge in [0.2, 0.25) is 5.91 Å². The highest BCUT2D eigenvalue weighted by Crippen LogP contribution is 2.11. The van der Waals surface area contributed by atoms with Crippen molar-refractivity contribution >= 4 is 11.6 Å². The van der Waals surface area contributed by atoms with Crippen molar-refractivity contribution in [2.75, 3.05) is 13.2 Å². The molecule has 2 aromatic rings. The molecule has 6 heteroatoms. The number of halogens is 1. The molecule has 1 unspecified atom stereocenters. The van der Waals surface area contributed by atoms with Gasteiger partial charge >= 0.3 is 0 Å². The topological polar surface area (TPSA) is 55.6 Å². The van der Waals surface area contributed by atoms with E-state index in [2.05, 4.69) is 10.3 Å². The summed E-state index contributed by atoms with van der Waals surface area (Å²) in [4.78, 5) is 16.1. The summed E-state index contributed by atoms with van der Waals surface area (Å²) in [7, 11) is 0. The van der Waals surface area contributed by atoms with Crippen LogP contribution in [0.4, 0.5) is 4.39 Å². The van der Waals surface area contributed by atoms with Gasteiger partial charge in [-0.25, -0.2) is 9.37 Å². The quantitative estimate of drug-likeness (QED) is 0.916. The number of hydrogen-bond acceptors (Lipinski definition) is 3. The predicted octanol–water partition coefficient (Wildman–Crippen LogP) is 1.31. The van der Waals surface area contributed by atoms with Gasteiger partial charge in [-0.05, 0) is 25.0 Å². The van der Waals surface area contributed by atoms with Gasteiger partial charge in [0.05, 0.1) is 18.2 Å². The molecule has 3 rings (SSSR count). The van der Waals surface area contributed by atoms with E-state index < -0.39 is 0 Å². The number of rotatable bonds is 4. The van der Waals surface area contributed by atoms with Crippen molar-refractivity contribution in [2.24, 2.45) is 0 Å². The second-order valence-corrected chi connectivity index (χ2v) is 4.96. The molecule has 1 amide bonds. The zero-order valence-corrected chi connectivity index (χ0v) is 11.0. The van der Waals surface area contributed by atoms with Crippen LogP contribution in [0.25, 0.3) is 5.65 Å². The van der Waals surface area contributed by atoms with Crippen LogP contribution in [0.15, 0.2) is 24.5 Å². The molecule has 0 aliphatic carbocycles. The molecule has 0 bridgehead atoms. The highest BCUT2D eigenvalue weighted by Gasteiger charge is 2.16. The highest BCUT2D eigenvalue weighted by atomic mass is 19.1. The van der Waals surface area contributed by atoms with E-state index in [1.807, 2.05) is 0 Å². The fraction of sp³-hybridized carbons (Fsp3) is 0.429. The number of pyridine rings is 1. The Bertz CT molecular complexity index is 620. The molecule has 2 aromatic heterocycles. The normalized spacial score (nSPS) is 18.6. The molecule has 0 spiro atoms. The van der Waals surface area contributed by atoms with Crippen molar-refractivity contribution in [3.63, 3.8) is 0 Å². The molecule has 1 aliphatic heterocycles. The van der Waals surface area contributed by atoms with Crippen LogP contribution in [0.3, 0.4) is 0 Å². The van der Waals surface area contributed by atoms with Crippen molar-refractivity contribution in [3.05, 3.63) is 36.0 Å². The van der Waals surface area contributed by atoms with E-state index in [0.29, 0.717) is 17.9 Å². The van der Waals surface area contributed by atoms with E-state index in [9.17, 15) is 9.18 Å². The summed E-state index contributed by atoms with van der Waals surface area (Å²) in [6, 6.07) is 2.94. The summed E-state index contributed by atoms with van der Waals surface area (Å²) < 4.78 is 20.1. The maximum Gasteiger partial charge on any atom is 0.226 e. The lowest BCUT2D eigenvalue weighted by atomic mass is 10.2. The first-order valence-electron chi connectivity index (χ1n) is 6.72. The van der Waals surface area contributed by atoms with Crippen LogP contribution in [-0.4, -0.2) is 34.5 Å². The lowest BCUT2D eigenvalue weighted by Gasteiger charge is -2.09. The smallest absolute Gasteiger partial charge is 0.226 e. The van der Waals surface area contributed by atoms with Crippen molar-refractivity contribution < 1.29 is 13.9 Å². The Balaban J connectivity index is 1.59. The Hall–Kier alpha value is -1.95. The van der Waals surface area contributed by atoms with Crippen LogP contribution >= 0.6 is 0 Å². The Labute approximate surface area is 115 Å². The van der Waals surface area contributed by atoms with E-state index >= 15 is 0 Å². The molecule has 106 valence electrons. The number of nitrogens with one attached hydrogen (secondary N) is 1. The molecule has 0 radical (unpaired) electrons. The van der Waals surface area contributed by atoms with Gasteiger partial charge < -0.3 is 14.5 Å². The Kier molecular flexibility index (Phi) is 3.64. The number of fused-ring (bicyclic) bond motifs is 1. The lowest BCUT2D eigenvalue weighted by Crippen LogP contribution is -2.32. The monoisotopic (exact) mass is 277 g/mol. The van der Waals surface area contributed by atoms with E-state index in [4.69, 9.17) is 4.74 Å². The van der Waals surface area contributed by atoms with Crippen LogP contribution < -0.4 is 5.32 Å². The van der Waals surface area contributed by atoms with Gasteiger partial charge in [0.1, 0.15) is 11.5 Å². The van der Waals surface area contributed by atoms with Gasteiger partial charge in [-0.15, -0.1) is 0 Å². The number of aromatic nitrogens is 2. The lowest BCUT2D eigenvalue weighted by molar-refractivity contribution is -0.121. The third-order valence-electron chi connectivity index (χ3n) is 3.36. The van der Waals surface area contributed by atoms with Crippen LogP contribution in [0.2, 0.25) is 0 Å². The van der Waals surface area contributed by atoms with Crippen LogP contribution in [0.5, 0.6) is 0 Å². The molecule has 0 aromatic carbocycles. The fourth-order valence-electron chi connectivity index (χ4n) is 2.36. The molecular weight excluding hydrogens is 261 g/mol. The number of hydrogen-bond donors (Lipinski definition) is 1. The molecular formula is C14H16FN3O2. The van der Waals surface area contributed by atoms with E-state index in [0.717, 1.165) is 19.4 Å². The van der Waals surface area contributed by atoms with E-state index in [1.54, 1.807) is 16.7 Å². The summed E-state index contributed by atoms with van der Waals surface area (Å²) in [6.45, 7) is 1.32. The van der Waals surface area contributed by atoms with Gasteiger partial charge in [-0.1, -0.05) is 0 Å². The first kappa shape index (κ1) is 13.1. The standard InChI is InChI=1S/C14H16FN3O2/c15-10-3-4-13-17-11(9-18(13)8-10)6-14(19)16-7-12-2-1-5-20-12/h3-4,8-9,12H,1-2,5-7H2,(H,16,19). The largest absolute Gasteiger partial charge is 0.376 e. The number of ether oxygens (including phenoxy) is 1. The Morgan fingerprint density at radius 1 is 1.50 bits per heavy atom. The molecule has 1 atom stereocenters. The summed E-state index contributed by atoms with van der Waals surface area (Å²) in [5.74, 6) is -0.423. The van der Waals surface area contributed by atoms with Gasteiger partial charge in [0, 0.05) is 25.5 Å². The molecule has 1 saturated heterocycles. The van der Waals surface area contributed by atoms with Crippen molar-refractivity contribution in [1.29, 1.82) is 0 Å². The number of carbonyl (C=O) groups is 1. The zero-order valence-electron chi connectivity index (χ0n) is 11.0. The molecule has 1 aliphatic rings. The molecule has 0 saturated carbocycles. The highest BCUT2D eigenvalue weighted by molar-refractivity contribution is 5.78. The fourth-order valence-corrected chi connectivity index (χ4v) is 2.36. The zero-order chi connectivity index (χ0) is 13.9. The minimum atomic E-state index is -0.329. The SMILES string of the molecule is O=C(Cc1cn2cc(F)ccc2n1)NCC1CCCO1. The van der Waals surface area contributed by atoms with Gasteiger partial charge in [-0.3, -0.25) is 4.79 Å². The summed E-state index contributed by atoms with van der Waals surface area (Å²) in [6.07, 6.45) is 5.39. The third kappa shape index (κ3) is 2.96. The molecule has 5 nitrogen and oxygen atoms in total. The molecule has 1 fully saturated rings. The molecule has 20 heavy (non-hydrogen) atoms. The Morgan fingerprint density at radius 3 is 3.20 bits per heavy atom. The first-order chi connectivity index (χ1) is 9.70. The summed E-state index contributed by atoms with van der Waals surface area (Å²) >= 11 is 0. The number of nitrogens with zero attached hydrogens (tertiary/aromatic N) is 2. The minimum Gasteiger partial charge on any atom is -0.376 e. The van der Waals surface area contributed by atoms with Gasteiger partial charge in [0.15, 0.2) is 0 Å². The Morgan fingerprint density at radius 2 is 2.40 bits per heavy atom. The van der Waals surface area contributed by atoms with Crippen LogP contribution in [-0.2, 0) is 16.0 Å². The van der Waals surface area contributed by atoms with Gasteiger partial charge in [-0.2, -0.15) is 0 Å². The number of amides is 1. The average molecular weight is 277 g/mol. The van der Waals surface area contributed by atoms with E-state index in [1.165, 1.54) is 12.3 Å². The van der Waals surface area contributed by atoms with Crippen molar-refractivity contribution in [2.45, 2.75) is 25.4 Å². The van der Waals surface area contributed by atoms with E-state index in [-0.39, 0.29) is 24.2 Å². The second kappa shape index (κ2) is 5.58. The van der Waals surface area contributed by atoms with Crippen LogP contribution in [0, 0.1) is 5.82 Å². The maximum absolute atomic E-state index is 13.1. The summed E-state index contributed by atoms with van der Waals surface area (Å²) in [5, 5.41) is 2.84. The van der Waals surface area contributed by atoms with Gasteiger partial charge in [0.25, 0.3) is 0 Å². The van der Waals surface area contributed by atoms with Crippen LogP contribution in [0.1, 0.15) is 18.5 Å². The van der Waals surface area contributed by atoms with Crippen molar-refractivity contribution in [1.82, 2.24) is 14.7 Å². The average Bonchev–Trinajstić information content (AvgIpc) is 3.04. The summed E-state index contributed by atoms with van der Waals surface area (Å²) in [5.41, 5.74) is 1.26.